The topological polar surface area (TPSA) is 63.2 Å². The van der Waals surface area contributed by atoms with Crippen molar-refractivity contribution in [1.82, 2.24) is 14.3 Å². The molecule has 0 unspecified atom stereocenters. The number of rotatable bonds is 2. The van der Waals surface area contributed by atoms with Gasteiger partial charge in [-0.15, -0.1) is 0 Å². The van der Waals surface area contributed by atoms with Crippen LogP contribution in [0.25, 0.3) is 11.0 Å². The maximum atomic E-state index is 12.8. The van der Waals surface area contributed by atoms with E-state index in [9.17, 15) is 8.42 Å². The summed E-state index contributed by atoms with van der Waals surface area (Å²) in [5.41, 5.74) is 2.61. The third-order valence-corrected chi connectivity index (χ3v) is 5.94. The molecule has 0 fully saturated rings. The lowest BCUT2D eigenvalue weighted by molar-refractivity contribution is 0.388. The molecule has 116 valence electrons. The number of benzene rings is 1. The van der Waals surface area contributed by atoms with E-state index in [1.165, 1.54) is 4.31 Å². The lowest BCUT2D eigenvalue weighted by Gasteiger charge is -2.27. The molecule has 23 heavy (non-hydrogen) atoms. The Morgan fingerprint density at radius 3 is 2.70 bits per heavy atom. The van der Waals surface area contributed by atoms with Crippen molar-refractivity contribution in [2.75, 3.05) is 6.54 Å². The van der Waals surface area contributed by atoms with E-state index < -0.39 is 10.0 Å². The SMILES string of the molecule is O=S(=O)(c1ccccc1)N1CCc2nc3ncccc3cc2C1. The van der Waals surface area contributed by atoms with Crippen molar-refractivity contribution < 1.29 is 8.42 Å². The van der Waals surface area contributed by atoms with Crippen LogP contribution < -0.4 is 0 Å². The average Bonchev–Trinajstić information content (AvgIpc) is 2.60. The van der Waals surface area contributed by atoms with Crippen LogP contribution >= 0.6 is 0 Å². The Balaban J connectivity index is 1.72. The molecule has 0 aliphatic carbocycles. The van der Waals surface area contributed by atoms with Gasteiger partial charge in [0.05, 0.1) is 4.90 Å². The Morgan fingerprint density at radius 2 is 1.87 bits per heavy atom. The summed E-state index contributed by atoms with van der Waals surface area (Å²) in [7, 11) is -3.47. The van der Waals surface area contributed by atoms with Gasteiger partial charge in [0.1, 0.15) is 0 Å². The second-order valence-electron chi connectivity index (χ2n) is 5.55. The van der Waals surface area contributed by atoms with Gasteiger partial charge in [-0.3, -0.25) is 0 Å². The van der Waals surface area contributed by atoms with Crippen LogP contribution in [0.3, 0.4) is 0 Å². The number of pyridine rings is 2. The van der Waals surface area contributed by atoms with Gasteiger partial charge >= 0.3 is 0 Å². The standard InChI is InChI=1S/C17H15N3O2S/c21-23(22,15-6-2-1-3-7-15)20-10-8-16-14(12-20)11-13-5-4-9-18-17(13)19-16/h1-7,9,11H,8,10,12H2. The smallest absolute Gasteiger partial charge is 0.237 e. The fraction of sp³-hybridized carbons (Fsp3) is 0.176. The van der Waals surface area contributed by atoms with Crippen molar-refractivity contribution in [2.24, 2.45) is 0 Å². The molecule has 2 aromatic heterocycles. The highest BCUT2D eigenvalue weighted by Crippen LogP contribution is 2.25. The Kier molecular flexibility index (Phi) is 3.36. The first-order chi connectivity index (χ1) is 11.1. The molecule has 1 aliphatic heterocycles. The highest BCUT2D eigenvalue weighted by atomic mass is 32.2. The minimum atomic E-state index is -3.47. The second kappa shape index (κ2) is 5.40. The molecule has 0 amide bonds. The second-order valence-corrected chi connectivity index (χ2v) is 7.48. The van der Waals surface area contributed by atoms with Gasteiger partial charge in [0.2, 0.25) is 10.0 Å². The molecule has 1 aromatic carbocycles. The van der Waals surface area contributed by atoms with Crippen molar-refractivity contribution in [3.05, 3.63) is 66.0 Å². The van der Waals surface area contributed by atoms with Gasteiger partial charge in [0.25, 0.3) is 0 Å². The summed E-state index contributed by atoms with van der Waals surface area (Å²) in [6, 6.07) is 14.4. The molecule has 0 N–H and O–H groups in total. The van der Waals surface area contributed by atoms with Crippen LogP contribution in [0.1, 0.15) is 11.3 Å². The van der Waals surface area contributed by atoms with Crippen LogP contribution in [-0.4, -0.2) is 29.2 Å². The summed E-state index contributed by atoms with van der Waals surface area (Å²) in [5.74, 6) is 0. The van der Waals surface area contributed by atoms with Gasteiger partial charge in [-0.25, -0.2) is 18.4 Å². The molecular weight excluding hydrogens is 310 g/mol. The quantitative estimate of drug-likeness (QED) is 0.726. The number of aromatic nitrogens is 2. The minimum Gasteiger partial charge on any atom is -0.237 e. The fourth-order valence-electron chi connectivity index (χ4n) is 2.89. The zero-order valence-corrected chi connectivity index (χ0v) is 13.2. The van der Waals surface area contributed by atoms with Gasteiger partial charge in [0.15, 0.2) is 5.65 Å². The molecule has 5 nitrogen and oxygen atoms in total. The third kappa shape index (κ3) is 2.50. The van der Waals surface area contributed by atoms with Gasteiger partial charge in [-0.2, -0.15) is 4.31 Å². The third-order valence-electron chi connectivity index (χ3n) is 4.08. The predicted molar refractivity (Wildman–Crippen MR) is 87.3 cm³/mol. The molecule has 4 rings (SSSR count). The molecule has 0 bridgehead atoms. The van der Waals surface area contributed by atoms with Gasteiger partial charge < -0.3 is 0 Å². The van der Waals surface area contributed by atoms with Crippen LogP contribution in [0.15, 0.2) is 59.6 Å². The normalized spacial score (nSPS) is 15.5. The molecular formula is C17H15N3O2S. The van der Waals surface area contributed by atoms with E-state index in [1.807, 2.05) is 24.3 Å². The molecule has 0 spiro atoms. The lowest BCUT2D eigenvalue weighted by Crippen LogP contribution is -2.36. The van der Waals surface area contributed by atoms with Crippen LogP contribution in [0.4, 0.5) is 0 Å². The largest absolute Gasteiger partial charge is 0.243 e. The van der Waals surface area contributed by atoms with Crippen LogP contribution in [0, 0.1) is 0 Å². The number of nitrogens with zero attached hydrogens (tertiary/aromatic N) is 3. The van der Waals surface area contributed by atoms with Crippen LogP contribution in [0.2, 0.25) is 0 Å². The summed E-state index contributed by atoms with van der Waals surface area (Å²) in [5, 5.41) is 0.935. The zero-order chi connectivity index (χ0) is 15.9. The minimum absolute atomic E-state index is 0.332. The maximum absolute atomic E-state index is 12.8. The van der Waals surface area contributed by atoms with Gasteiger partial charge in [-0.1, -0.05) is 18.2 Å². The monoisotopic (exact) mass is 325 g/mol. The maximum Gasteiger partial charge on any atom is 0.243 e. The zero-order valence-electron chi connectivity index (χ0n) is 12.4. The molecule has 6 heteroatoms. The fourth-order valence-corrected chi connectivity index (χ4v) is 4.33. The molecule has 0 saturated carbocycles. The molecule has 3 aromatic rings. The molecule has 1 aliphatic rings. The van der Waals surface area contributed by atoms with Crippen molar-refractivity contribution in [2.45, 2.75) is 17.9 Å². The summed E-state index contributed by atoms with van der Waals surface area (Å²) >= 11 is 0. The van der Waals surface area contributed by atoms with E-state index >= 15 is 0 Å². The number of fused-ring (bicyclic) bond motifs is 2. The van der Waals surface area contributed by atoms with Crippen LogP contribution in [-0.2, 0) is 23.0 Å². The molecule has 0 saturated heterocycles. The van der Waals surface area contributed by atoms with Gasteiger partial charge in [0, 0.05) is 36.8 Å². The van der Waals surface area contributed by atoms with E-state index in [0.717, 1.165) is 16.6 Å². The Bertz CT molecular complexity index is 972. The first kappa shape index (κ1) is 14.3. The van der Waals surface area contributed by atoms with E-state index in [-0.39, 0.29) is 0 Å². The van der Waals surface area contributed by atoms with E-state index in [4.69, 9.17) is 0 Å². The Hall–Kier alpha value is -2.31. The first-order valence-electron chi connectivity index (χ1n) is 7.43. The van der Waals surface area contributed by atoms with Crippen LogP contribution in [0.5, 0.6) is 0 Å². The number of hydrogen-bond donors (Lipinski definition) is 0. The van der Waals surface area contributed by atoms with Crippen molar-refractivity contribution in [3.8, 4) is 0 Å². The first-order valence-corrected chi connectivity index (χ1v) is 8.87. The van der Waals surface area contributed by atoms with Crippen molar-refractivity contribution in [1.29, 1.82) is 0 Å². The summed E-state index contributed by atoms with van der Waals surface area (Å²) in [6.45, 7) is 0.792. The molecule has 3 heterocycles. The highest BCUT2D eigenvalue weighted by Gasteiger charge is 2.28. The number of hydrogen-bond acceptors (Lipinski definition) is 4. The summed E-state index contributed by atoms with van der Waals surface area (Å²) in [4.78, 5) is 9.17. The average molecular weight is 325 g/mol. The highest BCUT2D eigenvalue weighted by molar-refractivity contribution is 7.89. The van der Waals surface area contributed by atoms with Crippen molar-refractivity contribution >= 4 is 21.1 Å². The lowest BCUT2D eigenvalue weighted by atomic mass is 10.1. The Labute approximate surface area is 134 Å². The van der Waals surface area contributed by atoms with Crippen molar-refractivity contribution in [3.63, 3.8) is 0 Å². The molecule has 0 atom stereocenters. The van der Waals surface area contributed by atoms with E-state index in [1.54, 1.807) is 30.5 Å². The Morgan fingerprint density at radius 1 is 1.04 bits per heavy atom. The number of sulfonamides is 1. The van der Waals surface area contributed by atoms with Gasteiger partial charge in [-0.05, 0) is 35.9 Å². The summed E-state index contributed by atoms with van der Waals surface area (Å²) in [6.07, 6.45) is 2.32. The predicted octanol–water partition coefficient (Wildman–Crippen LogP) is 2.38. The molecule has 0 radical (unpaired) electrons. The van der Waals surface area contributed by atoms with E-state index in [0.29, 0.717) is 30.1 Å². The summed E-state index contributed by atoms with van der Waals surface area (Å²) < 4.78 is 27.0. The van der Waals surface area contributed by atoms with E-state index in [2.05, 4.69) is 9.97 Å².